The van der Waals surface area contributed by atoms with E-state index in [4.69, 9.17) is 22.0 Å². The molecule has 0 spiro atoms. The Morgan fingerprint density at radius 2 is 2.09 bits per heavy atom. The lowest BCUT2D eigenvalue weighted by Crippen LogP contribution is -2.30. The SMILES string of the molecule is CC(C)CC(CCO)CNS(=O)(=O)c1ccc(C#N)cc1Cl. The summed E-state index contributed by atoms with van der Waals surface area (Å²) < 4.78 is 27.1. The molecular weight excluding hydrogens is 324 g/mol. The smallest absolute Gasteiger partial charge is 0.242 e. The molecule has 0 aromatic heterocycles. The van der Waals surface area contributed by atoms with E-state index >= 15 is 0 Å². The third kappa shape index (κ3) is 5.58. The minimum atomic E-state index is -3.74. The summed E-state index contributed by atoms with van der Waals surface area (Å²) in [6, 6.07) is 5.98. The minimum absolute atomic E-state index is 0.0223. The van der Waals surface area contributed by atoms with Gasteiger partial charge in [0.15, 0.2) is 0 Å². The van der Waals surface area contributed by atoms with E-state index in [-0.39, 0.29) is 29.0 Å². The Morgan fingerprint density at radius 1 is 1.41 bits per heavy atom. The Kier molecular flexibility index (Phi) is 7.30. The standard InChI is InChI=1S/C15H21ClN2O3S/c1-11(2)7-13(5-6-19)10-18-22(20,21)15-4-3-12(9-17)8-14(15)16/h3-4,8,11,13,18-19H,5-7,10H2,1-2H3. The van der Waals surface area contributed by atoms with Crippen LogP contribution in [0.3, 0.4) is 0 Å². The third-order valence-electron chi connectivity index (χ3n) is 3.25. The maximum atomic E-state index is 12.3. The molecule has 0 heterocycles. The van der Waals surface area contributed by atoms with Crippen LogP contribution in [-0.2, 0) is 10.0 Å². The zero-order valence-corrected chi connectivity index (χ0v) is 14.3. The molecule has 0 saturated carbocycles. The van der Waals surface area contributed by atoms with Crippen molar-refractivity contribution in [3.05, 3.63) is 28.8 Å². The van der Waals surface area contributed by atoms with Gasteiger partial charge in [-0.05, 0) is 42.9 Å². The van der Waals surface area contributed by atoms with Crippen molar-refractivity contribution in [2.24, 2.45) is 11.8 Å². The van der Waals surface area contributed by atoms with E-state index in [0.717, 1.165) is 6.42 Å². The molecule has 0 amide bonds. The Hall–Kier alpha value is -1.13. The predicted octanol–water partition coefficient (Wildman–Crippen LogP) is 2.53. The van der Waals surface area contributed by atoms with Gasteiger partial charge in [0.25, 0.3) is 0 Å². The Balaban J connectivity index is 2.84. The molecule has 122 valence electrons. The highest BCUT2D eigenvalue weighted by atomic mass is 35.5. The predicted molar refractivity (Wildman–Crippen MR) is 86.0 cm³/mol. The molecule has 1 rings (SSSR count). The number of benzene rings is 1. The first-order valence-corrected chi connectivity index (χ1v) is 8.96. The Morgan fingerprint density at radius 3 is 2.59 bits per heavy atom. The van der Waals surface area contributed by atoms with Crippen LogP contribution < -0.4 is 4.72 Å². The van der Waals surface area contributed by atoms with Crippen LogP contribution >= 0.6 is 11.6 Å². The largest absolute Gasteiger partial charge is 0.396 e. The monoisotopic (exact) mass is 344 g/mol. The number of nitrogens with one attached hydrogen (secondary N) is 1. The van der Waals surface area contributed by atoms with Crippen LogP contribution in [0.5, 0.6) is 0 Å². The summed E-state index contributed by atoms with van der Waals surface area (Å²) in [4.78, 5) is -0.0412. The Labute approximate surface area is 137 Å². The summed E-state index contributed by atoms with van der Waals surface area (Å²) >= 11 is 5.94. The van der Waals surface area contributed by atoms with Gasteiger partial charge in [-0.1, -0.05) is 25.4 Å². The van der Waals surface area contributed by atoms with Crippen LogP contribution in [0, 0.1) is 23.2 Å². The molecular formula is C15H21ClN2O3S. The second kappa shape index (κ2) is 8.49. The minimum Gasteiger partial charge on any atom is -0.396 e. The van der Waals surface area contributed by atoms with Crippen molar-refractivity contribution >= 4 is 21.6 Å². The van der Waals surface area contributed by atoms with Gasteiger partial charge in [-0.2, -0.15) is 5.26 Å². The molecule has 22 heavy (non-hydrogen) atoms. The number of sulfonamides is 1. The summed E-state index contributed by atoms with van der Waals surface area (Å²) in [7, 11) is -3.74. The van der Waals surface area contributed by atoms with Gasteiger partial charge in [0.2, 0.25) is 10.0 Å². The molecule has 7 heteroatoms. The molecule has 0 aliphatic heterocycles. The summed E-state index contributed by atoms with van der Waals surface area (Å²) in [6.45, 7) is 4.38. The first-order chi connectivity index (χ1) is 10.3. The average molecular weight is 345 g/mol. The lowest BCUT2D eigenvalue weighted by Gasteiger charge is -2.19. The van der Waals surface area contributed by atoms with Gasteiger partial charge in [0.1, 0.15) is 4.90 Å². The van der Waals surface area contributed by atoms with Crippen molar-refractivity contribution in [1.82, 2.24) is 4.72 Å². The summed E-state index contributed by atoms with van der Waals surface area (Å²) in [5.41, 5.74) is 0.307. The van der Waals surface area contributed by atoms with E-state index in [1.54, 1.807) is 0 Å². The fourth-order valence-electron chi connectivity index (χ4n) is 2.25. The van der Waals surface area contributed by atoms with Crippen molar-refractivity contribution in [2.45, 2.75) is 31.6 Å². The lowest BCUT2D eigenvalue weighted by molar-refractivity contribution is 0.243. The number of aliphatic hydroxyl groups is 1. The number of nitrogens with zero attached hydrogens (tertiary/aromatic N) is 1. The van der Waals surface area contributed by atoms with Crippen LogP contribution in [0.2, 0.25) is 5.02 Å². The Bertz CT molecular complexity index is 639. The van der Waals surface area contributed by atoms with Crippen LogP contribution in [0.4, 0.5) is 0 Å². The molecule has 1 aromatic carbocycles. The van der Waals surface area contributed by atoms with Gasteiger partial charge in [0.05, 0.1) is 16.7 Å². The van der Waals surface area contributed by atoms with Crippen molar-refractivity contribution in [2.75, 3.05) is 13.2 Å². The van der Waals surface area contributed by atoms with Gasteiger partial charge in [-0.15, -0.1) is 0 Å². The van der Waals surface area contributed by atoms with Crippen molar-refractivity contribution in [1.29, 1.82) is 5.26 Å². The van der Waals surface area contributed by atoms with E-state index in [9.17, 15) is 8.42 Å². The highest BCUT2D eigenvalue weighted by Crippen LogP contribution is 2.23. The lowest BCUT2D eigenvalue weighted by atomic mass is 9.95. The summed E-state index contributed by atoms with van der Waals surface area (Å²) in [5, 5.41) is 17.9. The van der Waals surface area contributed by atoms with E-state index < -0.39 is 10.0 Å². The van der Waals surface area contributed by atoms with Crippen molar-refractivity contribution in [3.8, 4) is 6.07 Å². The summed E-state index contributed by atoms with van der Waals surface area (Å²) in [5.74, 6) is 0.483. The number of rotatable bonds is 8. The molecule has 1 aromatic rings. The molecule has 1 unspecified atom stereocenters. The zero-order valence-electron chi connectivity index (χ0n) is 12.7. The second-order valence-corrected chi connectivity index (χ2v) is 7.76. The van der Waals surface area contributed by atoms with Crippen LogP contribution in [0.1, 0.15) is 32.3 Å². The van der Waals surface area contributed by atoms with Crippen molar-refractivity contribution < 1.29 is 13.5 Å². The van der Waals surface area contributed by atoms with Crippen LogP contribution in [0.25, 0.3) is 0 Å². The molecule has 0 saturated heterocycles. The number of aliphatic hydroxyl groups excluding tert-OH is 1. The molecule has 2 N–H and O–H groups in total. The number of hydrogen-bond donors (Lipinski definition) is 2. The number of nitriles is 1. The topological polar surface area (TPSA) is 90.2 Å². The van der Waals surface area contributed by atoms with Gasteiger partial charge < -0.3 is 5.11 Å². The third-order valence-corrected chi connectivity index (χ3v) is 5.16. The second-order valence-electron chi connectivity index (χ2n) is 5.62. The fraction of sp³-hybridized carbons (Fsp3) is 0.533. The van der Waals surface area contributed by atoms with E-state index in [2.05, 4.69) is 18.6 Å². The molecule has 1 atom stereocenters. The maximum absolute atomic E-state index is 12.3. The number of hydrogen-bond acceptors (Lipinski definition) is 4. The van der Waals surface area contributed by atoms with E-state index in [1.807, 2.05) is 6.07 Å². The molecule has 0 aliphatic rings. The molecule has 0 bridgehead atoms. The first kappa shape index (κ1) is 18.9. The van der Waals surface area contributed by atoms with Crippen molar-refractivity contribution in [3.63, 3.8) is 0 Å². The number of halogens is 1. The van der Waals surface area contributed by atoms with E-state index in [0.29, 0.717) is 17.9 Å². The summed E-state index contributed by atoms with van der Waals surface area (Å²) in [6.07, 6.45) is 1.37. The van der Waals surface area contributed by atoms with Crippen LogP contribution in [0.15, 0.2) is 23.1 Å². The fourth-order valence-corrected chi connectivity index (χ4v) is 3.90. The van der Waals surface area contributed by atoms with Crippen LogP contribution in [-0.4, -0.2) is 26.7 Å². The molecule has 0 fully saturated rings. The highest BCUT2D eigenvalue weighted by molar-refractivity contribution is 7.89. The first-order valence-electron chi connectivity index (χ1n) is 7.10. The molecule has 0 radical (unpaired) electrons. The zero-order chi connectivity index (χ0) is 16.8. The average Bonchev–Trinajstić information content (AvgIpc) is 2.44. The van der Waals surface area contributed by atoms with Gasteiger partial charge in [-0.25, -0.2) is 13.1 Å². The van der Waals surface area contributed by atoms with Gasteiger partial charge in [0, 0.05) is 13.2 Å². The highest BCUT2D eigenvalue weighted by Gasteiger charge is 2.20. The quantitative estimate of drug-likeness (QED) is 0.758. The maximum Gasteiger partial charge on any atom is 0.242 e. The molecule has 0 aliphatic carbocycles. The van der Waals surface area contributed by atoms with Gasteiger partial charge >= 0.3 is 0 Å². The normalized spacial score (nSPS) is 13.1. The van der Waals surface area contributed by atoms with Gasteiger partial charge in [-0.3, -0.25) is 0 Å². The van der Waals surface area contributed by atoms with E-state index in [1.165, 1.54) is 18.2 Å². The molecule has 5 nitrogen and oxygen atoms in total.